The molecule has 2 heterocycles. The lowest BCUT2D eigenvalue weighted by atomic mass is 9.89. The maximum absolute atomic E-state index is 11.9. The number of thiophene rings is 1. The van der Waals surface area contributed by atoms with Gasteiger partial charge in [0.1, 0.15) is 16.2 Å². The zero-order valence-corrected chi connectivity index (χ0v) is 14.8. The van der Waals surface area contributed by atoms with Crippen LogP contribution in [0.25, 0.3) is 10.2 Å². The van der Waals surface area contributed by atoms with Gasteiger partial charge in [-0.3, -0.25) is 4.79 Å². The third kappa shape index (κ3) is 3.27. The summed E-state index contributed by atoms with van der Waals surface area (Å²) >= 11 is 3.32. The molecular formula is C16H21N3OS2. The van der Waals surface area contributed by atoms with Crippen LogP contribution in [0.15, 0.2) is 11.4 Å². The maximum Gasteiger partial charge on any atom is 0.230 e. The van der Waals surface area contributed by atoms with Crippen LogP contribution in [0.1, 0.15) is 37.6 Å². The topological polar surface area (TPSA) is 54.9 Å². The van der Waals surface area contributed by atoms with Crippen LogP contribution in [-0.4, -0.2) is 27.7 Å². The van der Waals surface area contributed by atoms with Gasteiger partial charge in [-0.15, -0.1) is 11.3 Å². The Labute approximate surface area is 139 Å². The predicted molar refractivity (Wildman–Crippen MR) is 92.6 cm³/mol. The number of thioether (sulfide) groups is 1. The Kier molecular flexibility index (Phi) is 4.68. The van der Waals surface area contributed by atoms with Crippen molar-refractivity contribution >= 4 is 39.2 Å². The third-order valence-corrected chi connectivity index (χ3v) is 6.00. The van der Waals surface area contributed by atoms with Crippen LogP contribution in [0.2, 0.25) is 0 Å². The fourth-order valence-corrected chi connectivity index (χ4v) is 5.11. The Bertz CT molecular complexity index is 696. The summed E-state index contributed by atoms with van der Waals surface area (Å²) in [5.41, 5.74) is 1.42. The minimum Gasteiger partial charge on any atom is -0.353 e. The van der Waals surface area contributed by atoms with E-state index in [0.717, 1.165) is 28.6 Å². The van der Waals surface area contributed by atoms with Crippen LogP contribution < -0.4 is 5.32 Å². The standard InChI is InChI=1S/C16H21N3OS2/c1-9(2)19-13(20)7-21-15-14-11-5-4-10(3)6-12(11)22-16(14)18-8-17-15/h8-10H,4-7H2,1-3H3,(H,19,20)/t10-/m0/s1. The molecular weight excluding hydrogens is 314 g/mol. The molecule has 0 saturated carbocycles. The van der Waals surface area contributed by atoms with Crippen molar-refractivity contribution in [1.82, 2.24) is 15.3 Å². The summed E-state index contributed by atoms with van der Waals surface area (Å²) in [6.07, 6.45) is 5.10. The molecule has 118 valence electrons. The molecule has 1 aliphatic carbocycles. The summed E-state index contributed by atoms with van der Waals surface area (Å²) in [7, 11) is 0. The number of hydrogen-bond acceptors (Lipinski definition) is 5. The van der Waals surface area contributed by atoms with Gasteiger partial charge in [-0.1, -0.05) is 18.7 Å². The molecule has 1 atom stereocenters. The number of aryl methyl sites for hydroxylation is 1. The van der Waals surface area contributed by atoms with Gasteiger partial charge in [0.15, 0.2) is 0 Å². The number of hydrogen-bond donors (Lipinski definition) is 1. The summed E-state index contributed by atoms with van der Waals surface area (Å²) in [5.74, 6) is 1.22. The Hall–Kier alpha value is -1.14. The van der Waals surface area contributed by atoms with Crippen molar-refractivity contribution in [2.75, 3.05) is 5.75 Å². The van der Waals surface area contributed by atoms with Crippen molar-refractivity contribution in [2.24, 2.45) is 5.92 Å². The van der Waals surface area contributed by atoms with E-state index in [0.29, 0.717) is 5.75 Å². The second-order valence-electron chi connectivity index (χ2n) is 6.22. The van der Waals surface area contributed by atoms with Crippen LogP contribution >= 0.6 is 23.1 Å². The highest BCUT2D eigenvalue weighted by Crippen LogP contribution is 2.40. The molecule has 1 amide bonds. The molecule has 0 unspecified atom stereocenters. The summed E-state index contributed by atoms with van der Waals surface area (Å²) < 4.78 is 0. The van der Waals surface area contributed by atoms with Crippen LogP contribution in [0.5, 0.6) is 0 Å². The van der Waals surface area contributed by atoms with Crippen LogP contribution in [-0.2, 0) is 17.6 Å². The molecule has 0 aliphatic heterocycles. The molecule has 22 heavy (non-hydrogen) atoms. The van der Waals surface area contributed by atoms with E-state index in [2.05, 4.69) is 22.2 Å². The number of fused-ring (bicyclic) bond motifs is 3. The van der Waals surface area contributed by atoms with E-state index in [-0.39, 0.29) is 11.9 Å². The van der Waals surface area contributed by atoms with Crippen LogP contribution in [0.4, 0.5) is 0 Å². The minimum atomic E-state index is 0.0597. The lowest BCUT2D eigenvalue weighted by Crippen LogP contribution is -2.31. The number of amides is 1. The number of nitrogens with one attached hydrogen (secondary N) is 1. The molecule has 0 aromatic carbocycles. The van der Waals surface area contributed by atoms with Gasteiger partial charge >= 0.3 is 0 Å². The first-order valence-corrected chi connectivity index (χ1v) is 9.52. The summed E-state index contributed by atoms with van der Waals surface area (Å²) in [5, 5.41) is 5.07. The largest absolute Gasteiger partial charge is 0.353 e. The Morgan fingerprint density at radius 3 is 3.09 bits per heavy atom. The van der Waals surface area contributed by atoms with Crippen LogP contribution in [0, 0.1) is 5.92 Å². The number of nitrogens with zero attached hydrogens (tertiary/aromatic N) is 2. The van der Waals surface area contributed by atoms with E-state index >= 15 is 0 Å². The van der Waals surface area contributed by atoms with Crippen molar-refractivity contribution in [3.63, 3.8) is 0 Å². The smallest absolute Gasteiger partial charge is 0.230 e. The van der Waals surface area contributed by atoms with Gasteiger partial charge in [0.25, 0.3) is 0 Å². The molecule has 0 bridgehead atoms. The zero-order valence-electron chi connectivity index (χ0n) is 13.2. The van der Waals surface area contributed by atoms with E-state index in [1.54, 1.807) is 17.7 Å². The second kappa shape index (κ2) is 6.54. The lowest BCUT2D eigenvalue weighted by Gasteiger charge is -2.18. The molecule has 0 spiro atoms. The van der Waals surface area contributed by atoms with Crippen molar-refractivity contribution in [2.45, 2.75) is 51.1 Å². The van der Waals surface area contributed by atoms with Crippen molar-refractivity contribution in [1.29, 1.82) is 0 Å². The molecule has 2 aromatic heterocycles. The molecule has 1 N–H and O–H groups in total. The molecule has 0 saturated heterocycles. The molecule has 3 rings (SSSR count). The van der Waals surface area contributed by atoms with Gasteiger partial charge in [-0.05, 0) is 44.6 Å². The highest BCUT2D eigenvalue weighted by molar-refractivity contribution is 8.00. The first-order valence-electron chi connectivity index (χ1n) is 7.72. The predicted octanol–water partition coefficient (Wildman–Crippen LogP) is 3.43. The average molecular weight is 335 g/mol. The van der Waals surface area contributed by atoms with Gasteiger partial charge in [0.2, 0.25) is 5.91 Å². The lowest BCUT2D eigenvalue weighted by molar-refractivity contribution is -0.119. The first kappa shape index (κ1) is 15.7. The van der Waals surface area contributed by atoms with Gasteiger partial charge in [-0.2, -0.15) is 0 Å². The van der Waals surface area contributed by atoms with E-state index in [9.17, 15) is 4.79 Å². The van der Waals surface area contributed by atoms with Crippen molar-refractivity contribution < 1.29 is 4.79 Å². The average Bonchev–Trinajstić information content (AvgIpc) is 2.82. The number of rotatable bonds is 4. The first-order chi connectivity index (χ1) is 10.5. The quantitative estimate of drug-likeness (QED) is 0.687. The number of carbonyl (C=O) groups excluding carboxylic acids is 1. The Morgan fingerprint density at radius 2 is 2.32 bits per heavy atom. The van der Waals surface area contributed by atoms with E-state index in [1.807, 2.05) is 13.8 Å². The molecule has 2 aromatic rings. The molecule has 0 fully saturated rings. The summed E-state index contributed by atoms with van der Waals surface area (Å²) in [4.78, 5) is 23.3. The van der Waals surface area contributed by atoms with Crippen molar-refractivity contribution in [3.05, 3.63) is 16.8 Å². The second-order valence-corrected chi connectivity index (χ2v) is 8.27. The Balaban J connectivity index is 1.85. The molecule has 1 aliphatic rings. The summed E-state index contributed by atoms with van der Waals surface area (Å²) in [6, 6.07) is 0.175. The summed E-state index contributed by atoms with van der Waals surface area (Å²) in [6.45, 7) is 6.26. The normalized spacial score (nSPS) is 17.7. The number of carbonyl (C=O) groups is 1. The fraction of sp³-hybridized carbons (Fsp3) is 0.562. The highest BCUT2D eigenvalue weighted by Gasteiger charge is 2.23. The monoisotopic (exact) mass is 335 g/mol. The zero-order chi connectivity index (χ0) is 15.7. The molecule has 6 heteroatoms. The van der Waals surface area contributed by atoms with Gasteiger partial charge in [0.05, 0.1) is 5.75 Å². The molecule has 0 radical (unpaired) electrons. The SMILES string of the molecule is CC(C)NC(=O)CSc1ncnc2sc3c(c12)CC[C@H](C)C3. The fourth-order valence-electron chi connectivity index (χ4n) is 2.85. The van der Waals surface area contributed by atoms with Gasteiger partial charge in [-0.25, -0.2) is 9.97 Å². The highest BCUT2D eigenvalue weighted by atomic mass is 32.2. The van der Waals surface area contributed by atoms with Gasteiger partial charge in [0, 0.05) is 16.3 Å². The maximum atomic E-state index is 11.9. The third-order valence-electron chi connectivity index (χ3n) is 3.85. The van der Waals surface area contributed by atoms with E-state index < -0.39 is 0 Å². The van der Waals surface area contributed by atoms with Crippen molar-refractivity contribution in [3.8, 4) is 0 Å². The number of aromatic nitrogens is 2. The Morgan fingerprint density at radius 1 is 1.50 bits per heavy atom. The molecule has 4 nitrogen and oxygen atoms in total. The minimum absolute atomic E-state index is 0.0597. The van der Waals surface area contributed by atoms with E-state index in [1.165, 1.54) is 34.0 Å². The van der Waals surface area contributed by atoms with Crippen LogP contribution in [0.3, 0.4) is 0 Å². The van der Waals surface area contributed by atoms with E-state index in [4.69, 9.17) is 0 Å². The van der Waals surface area contributed by atoms with Gasteiger partial charge < -0.3 is 5.32 Å².